The maximum Gasteiger partial charge on any atom is 0.320 e. The van der Waals surface area contributed by atoms with Crippen LogP contribution in [0.3, 0.4) is 0 Å². The molecule has 1 aliphatic rings. The van der Waals surface area contributed by atoms with Crippen LogP contribution < -0.4 is 0 Å². The predicted molar refractivity (Wildman–Crippen MR) is 141 cm³/mol. The van der Waals surface area contributed by atoms with Gasteiger partial charge in [-0.2, -0.15) is 12.6 Å². The van der Waals surface area contributed by atoms with E-state index < -0.39 is 23.0 Å². The molecule has 8 heteroatoms. The van der Waals surface area contributed by atoms with Crippen LogP contribution in [0.5, 0.6) is 0 Å². The van der Waals surface area contributed by atoms with E-state index in [-0.39, 0.29) is 30.1 Å². The van der Waals surface area contributed by atoms with E-state index in [1.807, 2.05) is 65.6 Å². The van der Waals surface area contributed by atoms with Gasteiger partial charge in [-0.3, -0.25) is 0 Å². The second-order valence-electron chi connectivity index (χ2n) is 9.65. The highest BCUT2D eigenvalue weighted by atomic mass is 32.1. The van der Waals surface area contributed by atoms with E-state index in [1.165, 1.54) is 0 Å². The number of hydrogen-bond donors (Lipinski definition) is 1. The first-order chi connectivity index (χ1) is 17.8. The van der Waals surface area contributed by atoms with Crippen molar-refractivity contribution in [3.63, 3.8) is 0 Å². The van der Waals surface area contributed by atoms with Crippen molar-refractivity contribution in [3.8, 4) is 0 Å². The lowest BCUT2D eigenvalue weighted by molar-refractivity contribution is 0.0104. The van der Waals surface area contributed by atoms with E-state index in [0.717, 1.165) is 17.2 Å². The summed E-state index contributed by atoms with van der Waals surface area (Å²) in [6.45, 7) is 0.761. The number of amides is 2. The van der Waals surface area contributed by atoms with Crippen LogP contribution >= 0.6 is 12.6 Å². The third kappa shape index (κ3) is 6.67. The molecule has 37 heavy (non-hydrogen) atoms. The Labute approximate surface area is 221 Å². The number of carbonyl (C=O) groups is 1. The zero-order valence-electron chi connectivity index (χ0n) is 20.7. The van der Waals surface area contributed by atoms with E-state index in [0.29, 0.717) is 38.4 Å². The third-order valence-corrected chi connectivity index (χ3v) is 7.19. The quantitative estimate of drug-likeness (QED) is 0.263. The summed E-state index contributed by atoms with van der Waals surface area (Å²) in [5.74, 6) is -3.24. The Morgan fingerprint density at radius 1 is 1.00 bits per heavy atom. The minimum Gasteiger partial charge on any atom is -0.374 e. The van der Waals surface area contributed by atoms with Gasteiger partial charge in [0.15, 0.2) is 11.6 Å². The highest BCUT2D eigenvalue weighted by Gasteiger charge is 2.47. The molecule has 0 N–H and O–H groups in total. The van der Waals surface area contributed by atoms with Crippen molar-refractivity contribution in [3.05, 3.63) is 107 Å². The molecule has 1 aliphatic heterocycles. The van der Waals surface area contributed by atoms with E-state index in [4.69, 9.17) is 17.4 Å². The van der Waals surface area contributed by atoms with Crippen molar-refractivity contribution in [2.45, 2.75) is 43.2 Å². The van der Waals surface area contributed by atoms with Crippen LogP contribution in [-0.2, 0) is 24.3 Å². The molecule has 0 unspecified atom stereocenters. The molecule has 1 heterocycles. The largest absolute Gasteiger partial charge is 0.374 e. The molecule has 3 aromatic carbocycles. The van der Waals surface area contributed by atoms with Crippen LogP contribution in [0.15, 0.2) is 72.8 Å². The summed E-state index contributed by atoms with van der Waals surface area (Å²) in [7, 11) is 1.76. The van der Waals surface area contributed by atoms with E-state index in [2.05, 4.69) is 0 Å². The lowest BCUT2D eigenvalue weighted by Gasteiger charge is -2.40. The average Bonchev–Trinajstić information content (AvgIpc) is 3.22. The Hall–Kier alpha value is -2.97. The van der Waals surface area contributed by atoms with Crippen molar-refractivity contribution in [2.24, 2.45) is 0 Å². The van der Waals surface area contributed by atoms with E-state index in [1.54, 1.807) is 11.9 Å². The van der Waals surface area contributed by atoms with Crippen LogP contribution in [-0.4, -0.2) is 46.8 Å². The van der Waals surface area contributed by atoms with Crippen molar-refractivity contribution >= 4 is 18.7 Å². The highest BCUT2D eigenvalue weighted by Crippen LogP contribution is 2.38. The molecule has 196 valence electrons. The molecule has 1 saturated heterocycles. The smallest absolute Gasteiger partial charge is 0.320 e. The number of carbonyl (C=O) groups excluding carboxylic acids is 1. The van der Waals surface area contributed by atoms with Crippen molar-refractivity contribution < 1.29 is 22.7 Å². The second-order valence-corrected chi connectivity index (χ2v) is 10.4. The van der Waals surface area contributed by atoms with Gasteiger partial charge in [0.05, 0.1) is 18.8 Å². The number of nitrogens with zero attached hydrogens (tertiary/aromatic N) is 2. The SMILES string of the molecule is CN(Cc1ccccc1)C(=O)N1C[C@H](S)C[C@@]1(CCc1ccccc1)COCc1cc(F)c(F)cc1F. The van der Waals surface area contributed by atoms with Crippen LogP contribution in [0.2, 0.25) is 0 Å². The van der Waals surface area contributed by atoms with Gasteiger partial charge in [0, 0.05) is 37.0 Å². The highest BCUT2D eigenvalue weighted by molar-refractivity contribution is 7.81. The number of aryl methyl sites for hydroxylation is 1. The van der Waals surface area contributed by atoms with Gasteiger partial charge in [-0.05, 0) is 36.5 Å². The molecule has 0 bridgehead atoms. The van der Waals surface area contributed by atoms with Crippen LogP contribution in [0.25, 0.3) is 0 Å². The van der Waals surface area contributed by atoms with Crippen LogP contribution in [0.4, 0.5) is 18.0 Å². The summed E-state index contributed by atoms with van der Waals surface area (Å²) >= 11 is 4.72. The van der Waals surface area contributed by atoms with E-state index in [9.17, 15) is 18.0 Å². The van der Waals surface area contributed by atoms with Gasteiger partial charge in [0.1, 0.15) is 5.82 Å². The molecule has 3 aromatic rings. The van der Waals surface area contributed by atoms with Crippen molar-refractivity contribution in [1.82, 2.24) is 9.80 Å². The Morgan fingerprint density at radius 3 is 2.30 bits per heavy atom. The Kier molecular flexibility index (Phi) is 8.82. The summed E-state index contributed by atoms with van der Waals surface area (Å²) < 4.78 is 47.2. The number of halogens is 3. The Morgan fingerprint density at radius 2 is 1.62 bits per heavy atom. The Balaban J connectivity index is 1.54. The fourth-order valence-electron chi connectivity index (χ4n) is 4.92. The molecule has 4 nitrogen and oxygen atoms in total. The zero-order chi connectivity index (χ0) is 26.4. The van der Waals surface area contributed by atoms with Gasteiger partial charge >= 0.3 is 6.03 Å². The molecule has 2 amide bonds. The molecule has 2 atom stereocenters. The first-order valence-corrected chi connectivity index (χ1v) is 12.8. The number of hydrogen-bond acceptors (Lipinski definition) is 3. The topological polar surface area (TPSA) is 32.8 Å². The van der Waals surface area contributed by atoms with Crippen molar-refractivity contribution in [1.29, 1.82) is 0 Å². The first kappa shape index (κ1) is 27.1. The van der Waals surface area contributed by atoms with Gasteiger partial charge in [-0.15, -0.1) is 0 Å². The predicted octanol–water partition coefficient (Wildman–Crippen LogP) is 6.25. The van der Waals surface area contributed by atoms with Gasteiger partial charge in [-0.1, -0.05) is 60.7 Å². The molecule has 0 aromatic heterocycles. The summed E-state index contributed by atoms with van der Waals surface area (Å²) in [4.78, 5) is 17.2. The second kappa shape index (κ2) is 12.0. The molecule has 0 aliphatic carbocycles. The summed E-state index contributed by atoms with van der Waals surface area (Å²) in [6, 6.07) is 20.9. The van der Waals surface area contributed by atoms with Gasteiger partial charge < -0.3 is 14.5 Å². The third-order valence-electron chi connectivity index (χ3n) is 6.84. The molecular formula is C29H31F3N2O2S. The lowest BCUT2D eigenvalue weighted by atomic mass is 9.89. The number of rotatable bonds is 9. The fourth-order valence-corrected chi connectivity index (χ4v) is 5.43. The monoisotopic (exact) mass is 528 g/mol. The van der Waals surface area contributed by atoms with E-state index >= 15 is 0 Å². The minimum absolute atomic E-state index is 0.0616. The first-order valence-electron chi connectivity index (χ1n) is 12.3. The standard InChI is InChI=1S/C29H31F3N2O2S/c1-33(17-22-10-6-3-7-11-22)28(35)34-18-24(37)16-29(34,13-12-21-8-4-2-5-9-21)20-36-19-23-14-26(31)27(32)15-25(23)30/h2-11,14-15,24,37H,12-13,16-20H2,1H3/t24-,29+/m1/s1. The summed E-state index contributed by atoms with van der Waals surface area (Å²) in [5, 5.41) is -0.0616. The molecule has 0 saturated carbocycles. The summed E-state index contributed by atoms with van der Waals surface area (Å²) in [5.41, 5.74) is 1.37. The molecular weight excluding hydrogens is 497 g/mol. The van der Waals surface area contributed by atoms with Gasteiger partial charge in [0.25, 0.3) is 0 Å². The molecule has 0 radical (unpaired) electrons. The number of thiol groups is 1. The number of benzene rings is 3. The Bertz CT molecular complexity index is 1200. The lowest BCUT2D eigenvalue weighted by Crippen LogP contribution is -2.54. The average molecular weight is 529 g/mol. The number of ether oxygens (including phenoxy) is 1. The molecule has 4 rings (SSSR count). The fraction of sp³-hybridized carbons (Fsp3) is 0.345. The number of urea groups is 1. The zero-order valence-corrected chi connectivity index (χ0v) is 21.6. The number of likely N-dealkylation sites (tertiary alicyclic amines) is 1. The molecule has 1 fully saturated rings. The maximum atomic E-state index is 14.2. The van der Waals surface area contributed by atoms with Crippen molar-refractivity contribution in [2.75, 3.05) is 20.2 Å². The van der Waals surface area contributed by atoms with Gasteiger partial charge in [0.2, 0.25) is 0 Å². The maximum absolute atomic E-state index is 14.2. The normalized spacial score (nSPS) is 19.3. The minimum atomic E-state index is -1.24. The van der Waals surface area contributed by atoms with Gasteiger partial charge in [-0.25, -0.2) is 18.0 Å². The molecule has 0 spiro atoms. The van der Waals surface area contributed by atoms with Crippen LogP contribution in [0.1, 0.15) is 29.5 Å². The van der Waals surface area contributed by atoms with Crippen LogP contribution in [0, 0.1) is 17.5 Å². The summed E-state index contributed by atoms with van der Waals surface area (Å²) in [6.07, 6.45) is 1.91.